The molecule has 4 N–H and O–H groups in total. The summed E-state index contributed by atoms with van der Waals surface area (Å²) in [5.41, 5.74) is 7.72. The summed E-state index contributed by atoms with van der Waals surface area (Å²) >= 11 is 0. The number of benzene rings is 1. The van der Waals surface area contributed by atoms with Gasteiger partial charge in [-0.3, -0.25) is 4.79 Å². The van der Waals surface area contributed by atoms with Crippen LogP contribution in [0.4, 0.5) is 17.5 Å². The third-order valence-corrected chi connectivity index (χ3v) is 3.42. The molecule has 0 fully saturated rings. The van der Waals surface area contributed by atoms with Gasteiger partial charge in [-0.25, -0.2) is 15.0 Å². The van der Waals surface area contributed by atoms with E-state index in [-0.39, 0.29) is 12.3 Å². The van der Waals surface area contributed by atoms with Crippen LogP contribution in [-0.4, -0.2) is 27.4 Å². The third kappa shape index (κ3) is 4.74. The van der Waals surface area contributed by atoms with E-state index in [9.17, 15) is 4.79 Å². The Morgan fingerprint density at radius 1 is 1.04 bits per heavy atom. The molecule has 0 spiro atoms. The number of para-hydroxylation sites is 1. The van der Waals surface area contributed by atoms with E-state index in [1.165, 1.54) is 0 Å². The lowest BCUT2D eigenvalue weighted by Gasteiger charge is -2.08. The number of nitrogens with two attached hydrogens (primary N) is 1. The van der Waals surface area contributed by atoms with E-state index < -0.39 is 0 Å². The summed E-state index contributed by atoms with van der Waals surface area (Å²) in [5, 5.41) is 6.24. The number of pyridine rings is 1. The van der Waals surface area contributed by atoms with Gasteiger partial charge in [0, 0.05) is 36.6 Å². The van der Waals surface area contributed by atoms with Crippen molar-refractivity contribution in [3.05, 3.63) is 60.9 Å². The lowest BCUT2D eigenvalue weighted by atomic mass is 10.2. The van der Waals surface area contributed by atoms with Crippen molar-refractivity contribution in [3.8, 4) is 11.3 Å². The van der Waals surface area contributed by atoms with Crippen molar-refractivity contribution in [2.24, 2.45) is 5.73 Å². The normalized spacial score (nSPS) is 10.2. The summed E-state index contributed by atoms with van der Waals surface area (Å²) in [6.07, 6.45) is 3.65. The molecule has 0 saturated heterocycles. The van der Waals surface area contributed by atoms with Gasteiger partial charge in [0.2, 0.25) is 11.9 Å². The minimum Gasteiger partial charge on any atom is -0.370 e. The fourth-order valence-electron chi connectivity index (χ4n) is 2.23. The Morgan fingerprint density at radius 2 is 1.84 bits per heavy atom. The summed E-state index contributed by atoms with van der Waals surface area (Å²) < 4.78 is 0. The molecule has 0 radical (unpaired) electrons. The summed E-state index contributed by atoms with van der Waals surface area (Å²) in [7, 11) is 0. The SMILES string of the molecule is NC(=O)CCNc1cc(-c2ccnc(Nc3ccccc3)n2)ccn1. The van der Waals surface area contributed by atoms with Crippen LogP contribution in [0, 0.1) is 0 Å². The molecule has 7 nitrogen and oxygen atoms in total. The summed E-state index contributed by atoms with van der Waals surface area (Å²) in [5.74, 6) is 0.828. The molecule has 2 heterocycles. The van der Waals surface area contributed by atoms with E-state index in [2.05, 4.69) is 25.6 Å². The molecule has 1 amide bonds. The quantitative estimate of drug-likeness (QED) is 0.613. The Morgan fingerprint density at radius 3 is 2.64 bits per heavy atom. The smallest absolute Gasteiger partial charge is 0.227 e. The van der Waals surface area contributed by atoms with Crippen molar-refractivity contribution in [2.45, 2.75) is 6.42 Å². The zero-order valence-electron chi connectivity index (χ0n) is 13.5. The van der Waals surface area contributed by atoms with E-state index in [0.29, 0.717) is 18.3 Å². The fraction of sp³-hybridized carbons (Fsp3) is 0.111. The molecule has 0 aliphatic rings. The minimum absolute atomic E-state index is 0.255. The molecule has 0 atom stereocenters. The zero-order valence-corrected chi connectivity index (χ0v) is 13.5. The van der Waals surface area contributed by atoms with Crippen LogP contribution >= 0.6 is 0 Å². The molecule has 7 heteroatoms. The Balaban J connectivity index is 1.75. The van der Waals surface area contributed by atoms with Gasteiger partial charge in [0.05, 0.1) is 5.69 Å². The molecule has 0 saturated carbocycles. The van der Waals surface area contributed by atoms with Crippen LogP contribution in [0.25, 0.3) is 11.3 Å². The number of aromatic nitrogens is 3. The maximum absolute atomic E-state index is 10.8. The van der Waals surface area contributed by atoms with Crippen LogP contribution in [0.3, 0.4) is 0 Å². The number of carbonyl (C=O) groups is 1. The van der Waals surface area contributed by atoms with Crippen LogP contribution in [-0.2, 0) is 4.79 Å². The molecule has 0 aliphatic heterocycles. The molecular weight excluding hydrogens is 316 g/mol. The Bertz CT molecular complexity index is 853. The second-order valence-corrected chi connectivity index (χ2v) is 5.33. The first kappa shape index (κ1) is 16.4. The monoisotopic (exact) mass is 334 g/mol. The van der Waals surface area contributed by atoms with E-state index in [1.54, 1.807) is 12.4 Å². The Kier molecular flexibility index (Phi) is 5.16. The number of nitrogens with zero attached hydrogens (tertiary/aromatic N) is 3. The van der Waals surface area contributed by atoms with Gasteiger partial charge in [0.15, 0.2) is 0 Å². The highest BCUT2D eigenvalue weighted by atomic mass is 16.1. The van der Waals surface area contributed by atoms with Gasteiger partial charge >= 0.3 is 0 Å². The number of hydrogen-bond acceptors (Lipinski definition) is 6. The number of primary amides is 1. The molecule has 0 aliphatic carbocycles. The first-order valence-corrected chi connectivity index (χ1v) is 7.84. The highest BCUT2D eigenvalue weighted by molar-refractivity contribution is 5.74. The Labute approximate surface area is 145 Å². The summed E-state index contributed by atoms with van der Waals surface area (Å²) in [6, 6.07) is 15.3. The topological polar surface area (TPSA) is 106 Å². The van der Waals surface area contributed by atoms with Gasteiger partial charge in [-0.15, -0.1) is 0 Å². The van der Waals surface area contributed by atoms with Gasteiger partial charge in [-0.05, 0) is 30.3 Å². The average Bonchev–Trinajstić information content (AvgIpc) is 2.63. The zero-order chi connectivity index (χ0) is 17.5. The van der Waals surface area contributed by atoms with Gasteiger partial charge in [-0.2, -0.15) is 0 Å². The molecule has 1 aromatic carbocycles. The standard InChI is InChI=1S/C18H18N6O/c19-16(25)8-11-21-17-12-13(6-9-20-17)15-7-10-22-18(24-15)23-14-4-2-1-3-5-14/h1-7,9-10,12H,8,11H2,(H2,19,25)(H,20,21)(H,22,23,24). The highest BCUT2D eigenvalue weighted by Crippen LogP contribution is 2.21. The van der Waals surface area contributed by atoms with Crippen LogP contribution in [0.15, 0.2) is 60.9 Å². The van der Waals surface area contributed by atoms with Gasteiger partial charge in [0.1, 0.15) is 5.82 Å². The van der Waals surface area contributed by atoms with Crippen LogP contribution in [0.2, 0.25) is 0 Å². The minimum atomic E-state index is -0.351. The highest BCUT2D eigenvalue weighted by Gasteiger charge is 2.05. The predicted molar refractivity (Wildman–Crippen MR) is 97.3 cm³/mol. The molecular formula is C18H18N6O. The van der Waals surface area contributed by atoms with E-state index in [4.69, 9.17) is 5.73 Å². The molecule has 3 rings (SSSR count). The molecule has 2 aromatic heterocycles. The van der Waals surface area contributed by atoms with Gasteiger partial charge in [-0.1, -0.05) is 18.2 Å². The number of carbonyl (C=O) groups excluding carboxylic acids is 1. The lowest BCUT2D eigenvalue weighted by molar-refractivity contribution is -0.117. The average molecular weight is 334 g/mol. The van der Waals surface area contributed by atoms with Gasteiger partial charge in [0.25, 0.3) is 0 Å². The predicted octanol–water partition coefficient (Wildman–Crippen LogP) is 2.57. The van der Waals surface area contributed by atoms with Crippen molar-refractivity contribution < 1.29 is 4.79 Å². The van der Waals surface area contributed by atoms with Crippen molar-refractivity contribution in [1.82, 2.24) is 15.0 Å². The van der Waals surface area contributed by atoms with Crippen LogP contribution in [0.1, 0.15) is 6.42 Å². The fourth-order valence-corrected chi connectivity index (χ4v) is 2.23. The lowest BCUT2D eigenvalue weighted by Crippen LogP contribution is -2.16. The first-order valence-electron chi connectivity index (χ1n) is 7.84. The number of anilines is 3. The molecule has 25 heavy (non-hydrogen) atoms. The van der Waals surface area contributed by atoms with Crippen molar-refractivity contribution >= 4 is 23.4 Å². The second-order valence-electron chi connectivity index (χ2n) is 5.33. The summed E-state index contributed by atoms with van der Waals surface area (Å²) in [6.45, 7) is 0.441. The van der Waals surface area contributed by atoms with Crippen molar-refractivity contribution in [2.75, 3.05) is 17.2 Å². The Hall–Kier alpha value is -3.48. The second kappa shape index (κ2) is 7.87. The largest absolute Gasteiger partial charge is 0.370 e. The number of nitrogens with one attached hydrogen (secondary N) is 2. The maximum atomic E-state index is 10.8. The van der Waals surface area contributed by atoms with E-state index >= 15 is 0 Å². The van der Waals surface area contributed by atoms with Crippen LogP contribution < -0.4 is 16.4 Å². The number of hydrogen-bond donors (Lipinski definition) is 3. The summed E-state index contributed by atoms with van der Waals surface area (Å²) in [4.78, 5) is 23.8. The van der Waals surface area contributed by atoms with Gasteiger partial charge < -0.3 is 16.4 Å². The molecule has 126 valence electrons. The van der Waals surface area contributed by atoms with E-state index in [1.807, 2.05) is 48.5 Å². The van der Waals surface area contributed by atoms with Crippen LogP contribution in [0.5, 0.6) is 0 Å². The third-order valence-electron chi connectivity index (χ3n) is 3.42. The maximum Gasteiger partial charge on any atom is 0.227 e. The van der Waals surface area contributed by atoms with E-state index in [0.717, 1.165) is 16.9 Å². The molecule has 3 aromatic rings. The number of rotatable bonds is 7. The first-order chi connectivity index (χ1) is 12.2. The molecule has 0 bridgehead atoms. The van der Waals surface area contributed by atoms with Crippen molar-refractivity contribution in [3.63, 3.8) is 0 Å². The number of amides is 1. The molecule has 0 unspecified atom stereocenters. The van der Waals surface area contributed by atoms with Crippen molar-refractivity contribution in [1.29, 1.82) is 0 Å².